The minimum atomic E-state index is 0.221. The van der Waals surface area contributed by atoms with Crippen molar-refractivity contribution >= 4 is 5.96 Å². The first kappa shape index (κ1) is 22.7. The molecule has 1 heterocycles. The Morgan fingerprint density at radius 1 is 1.17 bits per heavy atom. The first-order chi connectivity index (χ1) is 14.7. The molecule has 0 unspecified atom stereocenters. The second-order valence-corrected chi connectivity index (χ2v) is 8.70. The summed E-state index contributed by atoms with van der Waals surface area (Å²) in [4.78, 5) is 7.41. The zero-order valence-electron chi connectivity index (χ0n) is 18.8. The molecule has 6 nitrogen and oxygen atoms in total. The topological polar surface area (TPSA) is 69.1 Å². The average Bonchev–Trinajstić information content (AvgIpc) is 2.77. The van der Waals surface area contributed by atoms with Crippen LogP contribution in [0.4, 0.5) is 0 Å². The molecule has 30 heavy (non-hydrogen) atoms. The number of phenols is 1. The van der Waals surface area contributed by atoms with Gasteiger partial charge in [-0.15, -0.1) is 0 Å². The molecule has 1 aliphatic heterocycles. The third-order valence-electron chi connectivity index (χ3n) is 6.47. The molecule has 168 valence electrons. The van der Waals surface area contributed by atoms with Crippen LogP contribution in [0.5, 0.6) is 11.5 Å². The SMILES string of the molecule is CCNC(=NCCc1cccc(OC)c1O)NC1CCN(CC2CCCCC2)CC1. The van der Waals surface area contributed by atoms with Crippen LogP contribution in [0.2, 0.25) is 0 Å². The van der Waals surface area contributed by atoms with Gasteiger partial charge in [0.15, 0.2) is 17.5 Å². The van der Waals surface area contributed by atoms with Crippen LogP contribution >= 0.6 is 0 Å². The van der Waals surface area contributed by atoms with Crippen molar-refractivity contribution in [3.8, 4) is 11.5 Å². The zero-order valence-corrected chi connectivity index (χ0v) is 18.8. The highest BCUT2D eigenvalue weighted by Gasteiger charge is 2.23. The Labute approximate surface area is 182 Å². The summed E-state index contributed by atoms with van der Waals surface area (Å²) in [6.45, 7) is 7.23. The number of para-hydroxylation sites is 1. The maximum absolute atomic E-state index is 10.3. The molecule has 1 aromatic carbocycles. The van der Waals surface area contributed by atoms with Crippen molar-refractivity contribution in [3.05, 3.63) is 23.8 Å². The largest absolute Gasteiger partial charge is 0.504 e. The summed E-state index contributed by atoms with van der Waals surface area (Å²) in [5.41, 5.74) is 0.866. The maximum atomic E-state index is 10.3. The van der Waals surface area contributed by atoms with Crippen LogP contribution < -0.4 is 15.4 Å². The highest BCUT2D eigenvalue weighted by molar-refractivity contribution is 5.80. The van der Waals surface area contributed by atoms with Crippen LogP contribution in [0.3, 0.4) is 0 Å². The highest BCUT2D eigenvalue weighted by atomic mass is 16.5. The van der Waals surface area contributed by atoms with E-state index in [2.05, 4.69) is 22.5 Å². The van der Waals surface area contributed by atoms with Crippen molar-refractivity contribution in [1.29, 1.82) is 0 Å². The standard InChI is InChI=1S/C24H40N4O2/c1-3-25-24(26-15-12-20-10-7-11-22(30-2)23(20)29)27-21-13-16-28(17-14-21)18-19-8-5-4-6-9-19/h7,10-11,19,21,29H,3-6,8-9,12-18H2,1-2H3,(H2,25,26,27). The Bertz CT molecular complexity index is 665. The van der Waals surface area contributed by atoms with Crippen molar-refractivity contribution in [1.82, 2.24) is 15.5 Å². The number of nitrogens with zero attached hydrogens (tertiary/aromatic N) is 2. The Balaban J connectivity index is 1.45. The molecule has 3 rings (SSSR count). The maximum Gasteiger partial charge on any atom is 0.191 e. The van der Waals surface area contributed by atoms with Crippen molar-refractivity contribution in [2.75, 3.05) is 39.8 Å². The number of piperidine rings is 1. The molecule has 0 aromatic heterocycles. The molecule has 0 spiro atoms. The molecule has 0 bridgehead atoms. The monoisotopic (exact) mass is 416 g/mol. The molecular formula is C24H40N4O2. The lowest BCUT2D eigenvalue weighted by molar-refractivity contribution is 0.160. The Kier molecular flexibility index (Phi) is 9.12. The summed E-state index contributed by atoms with van der Waals surface area (Å²) < 4.78 is 5.19. The van der Waals surface area contributed by atoms with Crippen LogP contribution in [0.15, 0.2) is 23.2 Å². The summed E-state index contributed by atoms with van der Waals surface area (Å²) in [6.07, 6.45) is 10.2. The van der Waals surface area contributed by atoms with E-state index in [0.717, 1.165) is 24.0 Å². The molecule has 0 amide bonds. The van der Waals surface area contributed by atoms with E-state index < -0.39 is 0 Å². The van der Waals surface area contributed by atoms with E-state index in [1.165, 1.54) is 64.6 Å². The number of benzene rings is 1. The number of methoxy groups -OCH3 is 1. The van der Waals surface area contributed by atoms with Gasteiger partial charge in [-0.05, 0) is 56.6 Å². The van der Waals surface area contributed by atoms with Gasteiger partial charge in [0.05, 0.1) is 7.11 Å². The normalized spacial score (nSPS) is 19.6. The molecule has 2 aliphatic rings. The number of nitrogens with one attached hydrogen (secondary N) is 2. The van der Waals surface area contributed by atoms with E-state index in [0.29, 0.717) is 24.8 Å². The first-order valence-corrected chi connectivity index (χ1v) is 11.8. The fourth-order valence-corrected chi connectivity index (χ4v) is 4.73. The fourth-order valence-electron chi connectivity index (χ4n) is 4.73. The third kappa shape index (κ3) is 6.79. The van der Waals surface area contributed by atoms with E-state index >= 15 is 0 Å². The van der Waals surface area contributed by atoms with Crippen molar-refractivity contribution in [2.45, 2.75) is 64.3 Å². The number of aromatic hydroxyl groups is 1. The number of likely N-dealkylation sites (tertiary alicyclic amines) is 1. The summed E-state index contributed by atoms with van der Waals surface area (Å²) >= 11 is 0. The van der Waals surface area contributed by atoms with Crippen molar-refractivity contribution < 1.29 is 9.84 Å². The average molecular weight is 417 g/mol. The molecule has 3 N–H and O–H groups in total. The molecular weight excluding hydrogens is 376 g/mol. The molecule has 0 atom stereocenters. The second kappa shape index (κ2) is 12.0. The number of ether oxygens (including phenoxy) is 1. The van der Waals surface area contributed by atoms with Gasteiger partial charge in [-0.2, -0.15) is 0 Å². The Morgan fingerprint density at radius 3 is 2.63 bits per heavy atom. The molecule has 1 saturated carbocycles. The smallest absolute Gasteiger partial charge is 0.191 e. The summed E-state index contributed by atoms with van der Waals surface area (Å²) in [7, 11) is 1.57. The third-order valence-corrected chi connectivity index (χ3v) is 6.47. The molecule has 0 radical (unpaired) electrons. The predicted molar refractivity (Wildman–Crippen MR) is 124 cm³/mol. The fraction of sp³-hybridized carbons (Fsp3) is 0.708. The number of hydrogen-bond acceptors (Lipinski definition) is 4. The van der Waals surface area contributed by atoms with Crippen LogP contribution in [-0.2, 0) is 6.42 Å². The minimum absolute atomic E-state index is 0.221. The summed E-state index contributed by atoms with van der Waals surface area (Å²) in [5, 5.41) is 17.2. The number of rotatable bonds is 8. The Hall–Kier alpha value is -1.95. The number of guanidine groups is 1. The lowest BCUT2D eigenvalue weighted by Crippen LogP contribution is -2.49. The van der Waals surface area contributed by atoms with Crippen LogP contribution in [0, 0.1) is 5.92 Å². The van der Waals surface area contributed by atoms with Gasteiger partial charge in [0.2, 0.25) is 0 Å². The molecule has 1 saturated heterocycles. The molecule has 2 fully saturated rings. The van der Waals surface area contributed by atoms with Gasteiger partial charge in [-0.25, -0.2) is 0 Å². The summed E-state index contributed by atoms with van der Waals surface area (Å²) in [5.74, 6) is 2.54. The van der Waals surface area contributed by atoms with Gasteiger partial charge >= 0.3 is 0 Å². The van der Waals surface area contributed by atoms with Gasteiger partial charge in [-0.1, -0.05) is 31.4 Å². The van der Waals surface area contributed by atoms with Crippen LogP contribution in [0.25, 0.3) is 0 Å². The van der Waals surface area contributed by atoms with Crippen LogP contribution in [-0.4, -0.2) is 61.8 Å². The lowest BCUT2D eigenvalue weighted by atomic mass is 9.88. The van der Waals surface area contributed by atoms with Gasteiger partial charge in [-0.3, -0.25) is 4.99 Å². The number of hydrogen-bond donors (Lipinski definition) is 3. The zero-order chi connectivity index (χ0) is 21.2. The van der Waals surface area contributed by atoms with E-state index in [1.54, 1.807) is 13.2 Å². The van der Waals surface area contributed by atoms with E-state index in [9.17, 15) is 5.11 Å². The van der Waals surface area contributed by atoms with Gasteiger partial charge < -0.3 is 25.4 Å². The van der Waals surface area contributed by atoms with E-state index in [4.69, 9.17) is 9.73 Å². The van der Waals surface area contributed by atoms with E-state index in [-0.39, 0.29) is 5.75 Å². The highest BCUT2D eigenvalue weighted by Crippen LogP contribution is 2.29. The van der Waals surface area contributed by atoms with Crippen molar-refractivity contribution in [3.63, 3.8) is 0 Å². The summed E-state index contributed by atoms with van der Waals surface area (Å²) in [6, 6.07) is 6.09. The van der Waals surface area contributed by atoms with Gasteiger partial charge in [0.1, 0.15) is 0 Å². The van der Waals surface area contributed by atoms with Crippen molar-refractivity contribution in [2.24, 2.45) is 10.9 Å². The minimum Gasteiger partial charge on any atom is -0.504 e. The second-order valence-electron chi connectivity index (χ2n) is 8.70. The molecule has 1 aliphatic carbocycles. The quantitative estimate of drug-likeness (QED) is 0.447. The number of phenolic OH excluding ortho intramolecular Hbond substituents is 1. The number of aliphatic imine (C=N–C) groups is 1. The van der Waals surface area contributed by atoms with Gasteiger partial charge in [0.25, 0.3) is 0 Å². The predicted octanol–water partition coefficient (Wildman–Crippen LogP) is 3.54. The van der Waals surface area contributed by atoms with Crippen LogP contribution in [0.1, 0.15) is 57.4 Å². The first-order valence-electron chi connectivity index (χ1n) is 11.8. The molecule has 6 heteroatoms. The Morgan fingerprint density at radius 2 is 1.93 bits per heavy atom. The molecule has 1 aromatic rings. The van der Waals surface area contributed by atoms with E-state index in [1.807, 2.05) is 12.1 Å². The van der Waals surface area contributed by atoms with Gasteiger partial charge in [0, 0.05) is 38.8 Å². The lowest BCUT2D eigenvalue weighted by Gasteiger charge is -2.36.